The summed E-state index contributed by atoms with van der Waals surface area (Å²) < 4.78 is 9.69. The molecule has 15 nitrogen and oxygen atoms in total. The average molecular weight is 584 g/mol. The van der Waals surface area contributed by atoms with Crippen LogP contribution in [0.25, 0.3) is 10.8 Å². The fraction of sp³-hybridized carbons (Fsp3) is 0.370. The van der Waals surface area contributed by atoms with Crippen LogP contribution in [0.15, 0.2) is 42.5 Å². The SMILES string of the molecule is COC(=O)NN1CCC(=O)N2CCC[C@@H](C(=O)N[C@@H](CC(=O)O)C(=O)COC(=O)c3cccc4ccccc34)N2C1=O. The number of benzene rings is 2. The number of urea groups is 1. The molecule has 0 radical (unpaired) electrons. The first kappa shape index (κ1) is 29.8. The quantitative estimate of drug-likeness (QED) is 0.356. The van der Waals surface area contributed by atoms with Crippen LogP contribution >= 0.6 is 0 Å². The number of fused-ring (bicyclic) bond motifs is 2. The summed E-state index contributed by atoms with van der Waals surface area (Å²) in [5.41, 5.74) is 2.40. The molecule has 15 heteroatoms. The Hall–Kier alpha value is -5.21. The number of rotatable bonds is 9. The van der Waals surface area contributed by atoms with E-state index in [9.17, 15) is 38.7 Å². The number of hydrogen-bond acceptors (Lipinski definition) is 9. The van der Waals surface area contributed by atoms with Crippen LogP contribution in [0.4, 0.5) is 9.59 Å². The van der Waals surface area contributed by atoms with Crippen LogP contribution in [0.2, 0.25) is 0 Å². The molecular weight excluding hydrogens is 554 g/mol. The van der Waals surface area contributed by atoms with E-state index in [4.69, 9.17) is 4.74 Å². The maximum absolute atomic E-state index is 13.4. The van der Waals surface area contributed by atoms with E-state index in [2.05, 4.69) is 15.5 Å². The summed E-state index contributed by atoms with van der Waals surface area (Å²) in [6.45, 7) is -0.882. The lowest BCUT2D eigenvalue weighted by Gasteiger charge is -2.42. The van der Waals surface area contributed by atoms with Gasteiger partial charge < -0.3 is 19.9 Å². The number of carboxylic acid groups (broad SMARTS) is 1. The molecule has 2 saturated heterocycles. The Morgan fingerprint density at radius 1 is 1.05 bits per heavy atom. The Bertz CT molecular complexity index is 1420. The van der Waals surface area contributed by atoms with Gasteiger partial charge in [-0.25, -0.2) is 34.8 Å². The van der Waals surface area contributed by atoms with Crippen LogP contribution in [0, 0.1) is 0 Å². The van der Waals surface area contributed by atoms with Gasteiger partial charge in [0.25, 0.3) is 0 Å². The minimum absolute atomic E-state index is 0.0808. The van der Waals surface area contributed by atoms with Gasteiger partial charge in [-0.2, -0.15) is 0 Å². The molecule has 0 spiro atoms. The highest BCUT2D eigenvalue weighted by Crippen LogP contribution is 2.24. The molecular formula is C27H29N5O10. The molecule has 2 aromatic rings. The first-order valence-corrected chi connectivity index (χ1v) is 13.1. The molecule has 0 aromatic heterocycles. The highest BCUT2D eigenvalue weighted by atomic mass is 16.5. The van der Waals surface area contributed by atoms with E-state index >= 15 is 0 Å². The van der Waals surface area contributed by atoms with Crippen molar-refractivity contribution in [3.63, 3.8) is 0 Å². The molecule has 4 rings (SSSR count). The Kier molecular flexibility index (Phi) is 9.19. The Labute approximate surface area is 239 Å². The molecule has 5 amide bonds. The topological polar surface area (TPSA) is 192 Å². The number of methoxy groups -OCH3 is 1. The van der Waals surface area contributed by atoms with Gasteiger partial charge in [-0.3, -0.25) is 19.2 Å². The molecule has 0 saturated carbocycles. The van der Waals surface area contributed by atoms with Gasteiger partial charge in [0.05, 0.1) is 25.6 Å². The zero-order chi connectivity index (χ0) is 30.4. The van der Waals surface area contributed by atoms with Gasteiger partial charge in [-0.1, -0.05) is 36.4 Å². The van der Waals surface area contributed by atoms with Gasteiger partial charge in [0.1, 0.15) is 12.1 Å². The van der Waals surface area contributed by atoms with Crippen LogP contribution in [-0.2, 0) is 28.7 Å². The van der Waals surface area contributed by atoms with E-state index in [0.717, 1.165) is 27.5 Å². The number of ketones is 1. The average Bonchev–Trinajstić information content (AvgIpc) is 3.10. The summed E-state index contributed by atoms with van der Waals surface area (Å²) in [6, 6.07) is 8.23. The summed E-state index contributed by atoms with van der Waals surface area (Å²) in [6.07, 6.45) is -1.53. The van der Waals surface area contributed by atoms with Crippen molar-refractivity contribution in [2.24, 2.45) is 0 Å². The van der Waals surface area contributed by atoms with E-state index in [-0.39, 0.29) is 31.5 Å². The molecule has 0 unspecified atom stereocenters. The number of hydrazine groups is 2. The Morgan fingerprint density at radius 3 is 2.52 bits per heavy atom. The zero-order valence-corrected chi connectivity index (χ0v) is 22.6. The van der Waals surface area contributed by atoms with Crippen molar-refractivity contribution in [2.75, 3.05) is 26.8 Å². The molecule has 222 valence electrons. The molecule has 0 aliphatic carbocycles. The number of esters is 1. The summed E-state index contributed by atoms with van der Waals surface area (Å²) in [5.74, 6) is -4.49. The lowest BCUT2D eigenvalue weighted by Crippen LogP contribution is -2.65. The second-order valence-corrected chi connectivity index (χ2v) is 9.54. The normalized spacial score (nSPS) is 17.5. The highest BCUT2D eigenvalue weighted by Gasteiger charge is 2.44. The van der Waals surface area contributed by atoms with Crippen molar-refractivity contribution in [2.45, 2.75) is 37.8 Å². The lowest BCUT2D eigenvalue weighted by molar-refractivity contribution is -0.155. The number of ether oxygens (including phenoxy) is 2. The van der Waals surface area contributed by atoms with Gasteiger partial charge in [0, 0.05) is 13.0 Å². The maximum atomic E-state index is 13.4. The number of amides is 5. The van der Waals surface area contributed by atoms with Gasteiger partial charge in [0.2, 0.25) is 11.8 Å². The van der Waals surface area contributed by atoms with E-state index in [1.165, 1.54) is 6.07 Å². The van der Waals surface area contributed by atoms with Gasteiger partial charge in [-0.05, 0) is 29.7 Å². The predicted octanol–water partition coefficient (Wildman–Crippen LogP) is 0.830. The fourth-order valence-corrected chi connectivity index (χ4v) is 4.78. The van der Waals surface area contributed by atoms with Crippen molar-refractivity contribution >= 4 is 52.4 Å². The third-order valence-corrected chi connectivity index (χ3v) is 6.82. The fourth-order valence-electron chi connectivity index (χ4n) is 4.78. The monoisotopic (exact) mass is 583 g/mol. The summed E-state index contributed by atoms with van der Waals surface area (Å²) in [4.78, 5) is 88.4. The number of carbonyl (C=O) groups excluding carboxylic acids is 6. The standard InChI is InChI=1S/C27H29N5O10/c1-41-26(39)29-30-13-11-22(34)31-12-5-10-20(32(31)27(30)40)24(37)28-19(14-23(35)36)21(33)15-42-25(38)18-9-4-7-16-6-2-3-8-17(16)18/h2-4,6-9,19-20H,5,10-15H2,1H3,(H,28,37)(H,29,39)(H,35,36)/t19-,20-/m0/s1. The Balaban J connectivity index is 1.48. The summed E-state index contributed by atoms with van der Waals surface area (Å²) in [5, 5.41) is 15.9. The van der Waals surface area contributed by atoms with E-state index < -0.39 is 66.8 Å². The summed E-state index contributed by atoms with van der Waals surface area (Å²) in [7, 11) is 1.09. The number of Topliss-reactive ketones (excluding diaryl/α,β-unsaturated/α-hetero) is 1. The number of nitrogens with zero attached hydrogens (tertiary/aromatic N) is 3. The van der Waals surface area contributed by atoms with E-state index in [1.54, 1.807) is 36.4 Å². The first-order valence-electron chi connectivity index (χ1n) is 13.1. The largest absolute Gasteiger partial charge is 0.481 e. The zero-order valence-electron chi connectivity index (χ0n) is 22.6. The molecule has 0 bridgehead atoms. The smallest absolute Gasteiger partial charge is 0.425 e. The lowest BCUT2D eigenvalue weighted by atomic mass is 10.0. The molecule has 2 aromatic carbocycles. The minimum Gasteiger partial charge on any atom is -0.481 e. The van der Waals surface area contributed by atoms with E-state index in [1.807, 2.05) is 0 Å². The molecule has 2 aliphatic heterocycles. The van der Waals surface area contributed by atoms with Gasteiger partial charge >= 0.3 is 24.1 Å². The molecule has 42 heavy (non-hydrogen) atoms. The van der Waals surface area contributed by atoms with Crippen molar-refractivity contribution in [1.29, 1.82) is 0 Å². The van der Waals surface area contributed by atoms with Crippen LogP contribution < -0.4 is 10.7 Å². The Morgan fingerprint density at radius 2 is 1.79 bits per heavy atom. The first-order chi connectivity index (χ1) is 20.1. The van der Waals surface area contributed by atoms with Gasteiger partial charge in [0.15, 0.2) is 12.4 Å². The number of hydrogen-bond donors (Lipinski definition) is 3. The van der Waals surface area contributed by atoms with E-state index in [0.29, 0.717) is 11.8 Å². The maximum Gasteiger partial charge on any atom is 0.425 e. The number of aliphatic carboxylic acids is 1. The highest BCUT2D eigenvalue weighted by molar-refractivity contribution is 6.05. The molecule has 3 N–H and O–H groups in total. The van der Waals surface area contributed by atoms with Crippen molar-refractivity contribution in [1.82, 2.24) is 25.8 Å². The van der Waals surface area contributed by atoms with Gasteiger partial charge in [-0.15, -0.1) is 0 Å². The number of nitrogens with one attached hydrogen (secondary N) is 2. The number of carbonyl (C=O) groups is 7. The van der Waals surface area contributed by atoms with Crippen LogP contribution in [0.5, 0.6) is 0 Å². The third-order valence-electron chi connectivity index (χ3n) is 6.82. The predicted molar refractivity (Wildman–Crippen MR) is 142 cm³/mol. The molecule has 2 heterocycles. The second kappa shape index (κ2) is 13.0. The van der Waals surface area contributed by atoms with Crippen molar-refractivity contribution in [3.05, 3.63) is 48.0 Å². The molecule has 2 aliphatic rings. The second-order valence-electron chi connectivity index (χ2n) is 9.54. The molecule has 2 fully saturated rings. The van der Waals surface area contributed by atoms with Crippen LogP contribution in [0.1, 0.15) is 36.0 Å². The van der Waals surface area contributed by atoms with Crippen molar-refractivity contribution < 1.29 is 48.1 Å². The minimum atomic E-state index is -1.60. The van der Waals surface area contributed by atoms with Crippen LogP contribution in [-0.4, -0.2) is 101 Å². The van der Waals surface area contributed by atoms with Crippen LogP contribution in [0.3, 0.4) is 0 Å². The summed E-state index contributed by atoms with van der Waals surface area (Å²) >= 11 is 0. The van der Waals surface area contributed by atoms with Crippen molar-refractivity contribution in [3.8, 4) is 0 Å². The third kappa shape index (κ3) is 6.56. The molecule has 2 atom stereocenters. The number of carboxylic acids is 1.